The van der Waals surface area contributed by atoms with Gasteiger partial charge in [0.25, 0.3) is 0 Å². The summed E-state index contributed by atoms with van der Waals surface area (Å²) in [6.07, 6.45) is 4.92. The number of aromatic nitrogens is 4. The van der Waals surface area contributed by atoms with Gasteiger partial charge in [0, 0.05) is 18.0 Å². The molecule has 0 bridgehead atoms. The van der Waals surface area contributed by atoms with Crippen molar-refractivity contribution in [2.24, 2.45) is 5.41 Å². The number of hydrogen-bond donors (Lipinski definition) is 2. The second-order valence-electron chi connectivity index (χ2n) is 7.28. The Bertz CT molecular complexity index is 1140. The molecule has 3 aromatic heterocycles. The van der Waals surface area contributed by atoms with Crippen LogP contribution < -0.4 is 10.1 Å². The van der Waals surface area contributed by atoms with Crippen molar-refractivity contribution in [1.82, 2.24) is 19.9 Å². The lowest BCUT2D eigenvalue weighted by Gasteiger charge is -2.18. The Labute approximate surface area is 176 Å². The molecule has 0 spiro atoms. The number of fused-ring (bicyclic) bond motifs is 1. The predicted molar refractivity (Wildman–Crippen MR) is 115 cm³/mol. The van der Waals surface area contributed by atoms with Gasteiger partial charge in [-0.3, -0.25) is 9.78 Å². The topological polar surface area (TPSA) is 110 Å². The third kappa shape index (κ3) is 4.36. The number of rotatable bonds is 7. The van der Waals surface area contributed by atoms with Crippen molar-refractivity contribution in [2.75, 3.05) is 11.9 Å². The molecule has 8 nitrogen and oxygen atoms in total. The molecule has 3 heterocycles. The van der Waals surface area contributed by atoms with Crippen molar-refractivity contribution in [3.05, 3.63) is 55.0 Å². The molecule has 0 fully saturated rings. The van der Waals surface area contributed by atoms with E-state index in [1.54, 1.807) is 43.8 Å². The maximum Gasteiger partial charge on any atom is 0.316 e. The molecule has 0 radical (unpaired) electrons. The summed E-state index contributed by atoms with van der Waals surface area (Å²) in [6, 6.07) is 11.9. The molecule has 0 amide bonds. The second-order valence-corrected chi connectivity index (χ2v) is 8.31. The first kappa shape index (κ1) is 19.7. The summed E-state index contributed by atoms with van der Waals surface area (Å²) in [5.74, 6) is -0.942. The standard InChI is InChI=1S/C21H19N5O3S/c1-21(2,18(27)28)12-29-19-23-9-13(10-24-19)15-8-7-14(11-22-15)25-20-26-16-5-3-4-6-17(16)30-20/h3-11H,12H2,1-2H3,(H,25,26)(H,27,28). The van der Waals surface area contributed by atoms with Gasteiger partial charge >= 0.3 is 12.0 Å². The normalized spacial score (nSPS) is 11.4. The zero-order valence-electron chi connectivity index (χ0n) is 16.4. The van der Waals surface area contributed by atoms with Gasteiger partial charge in [0.05, 0.1) is 33.2 Å². The van der Waals surface area contributed by atoms with Crippen LogP contribution in [-0.4, -0.2) is 37.6 Å². The Kier molecular flexibility index (Phi) is 5.28. The van der Waals surface area contributed by atoms with Gasteiger partial charge in [-0.15, -0.1) is 0 Å². The number of carboxylic acid groups (broad SMARTS) is 1. The Hall–Kier alpha value is -3.59. The van der Waals surface area contributed by atoms with E-state index >= 15 is 0 Å². The number of carboxylic acids is 1. The first-order chi connectivity index (χ1) is 14.4. The molecule has 4 rings (SSSR count). The first-order valence-electron chi connectivity index (χ1n) is 9.18. The van der Waals surface area contributed by atoms with Crippen molar-refractivity contribution in [3.8, 4) is 17.3 Å². The summed E-state index contributed by atoms with van der Waals surface area (Å²) in [5, 5.41) is 13.2. The number of para-hydroxylation sites is 1. The van der Waals surface area contributed by atoms with Crippen LogP contribution in [0.5, 0.6) is 6.01 Å². The lowest BCUT2D eigenvalue weighted by atomic mass is 9.95. The zero-order chi connectivity index (χ0) is 21.1. The Morgan fingerprint density at radius 3 is 2.53 bits per heavy atom. The molecule has 9 heteroatoms. The highest BCUT2D eigenvalue weighted by atomic mass is 32.1. The number of anilines is 2. The molecule has 0 atom stereocenters. The van der Waals surface area contributed by atoms with E-state index in [4.69, 9.17) is 9.84 Å². The van der Waals surface area contributed by atoms with Crippen LogP contribution in [-0.2, 0) is 4.79 Å². The molecule has 4 aromatic rings. The first-order valence-corrected chi connectivity index (χ1v) is 10.00. The van der Waals surface area contributed by atoms with E-state index in [9.17, 15) is 4.79 Å². The van der Waals surface area contributed by atoms with E-state index < -0.39 is 11.4 Å². The monoisotopic (exact) mass is 421 g/mol. The average molecular weight is 421 g/mol. The second kappa shape index (κ2) is 8.03. The highest BCUT2D eigenvalue weighted by molar-refractivity contribution is 7.22. The van der Waals surface area contributed by atoms with Gasteiger partial charge in [-0.2, -0.15) is 0 Å². The van der Waals surface area contributed by atoms with E-state index in [1.165, 1.54) is 0 Å². The Morgan fingerprint density at radius 2 is 1.87 bits per heavy atom. The van der Waals surface area contributed by atoms with Crippen LogP contribution in [0.2, 0.25) is 0 Å². The van der Waals surface area contributed by atoms with Gasteiger partial charge in [0.2, 0.25) is 0 Å². The van der Waals surface area contributed by atoms with Crippen molar-refractivity contribution < 1.29 is 14.6 Å². The minimum atomic E-state index is -1.02. The predicted octanol–water partition coefficient (Wildman–Crippen LogP) is 4.38. The van der Waals surface area contributed by atoms with Gasteiger partial charge < -0.3 is 15.2 Å². The maximum atomic E-state index is 11.1. The van der Waals surface area contributed by atoms with Gasteiger partial charge in [0.15, 0.2) is 5.13 Å². The fourth-order valence-electron chi connectivity index (χ4n) is 2.52. The van der Waals surface area contributed by atoms with Crippen molar-refractivity contribution in [3.63, 3.8) is 0 Å². The van der Waals surface area contributed by atoms with Crippen LogP contribution >= 0.6 is 11.3 Å². The fraction of sp³-hybridized carbons (Fsp3) is 0.190. The van der Waals surface area contributed by atoms with Crippen molar-refractivity contribution >= 4 is 38.3 Å². The minimum Gasteiger partial charge on any atom is -0.481 e. The molecule has 0 saturated carbocycles. The molecule has 30 heavy (non-hydrogen) atoms. The number of hydrogen-bond acceptors (Lipinski definition) is 8. The van der Waals surface area contributed by atoms with Crippen LogP contribution in [0.15, 0.2) is 55.0 Å². The molecule has 0 aliphatic heterocycles. The number of aliphatic carboxylic acids is 1. The van der Waals surface area contributed by atoms with Gasteiger partial charge in [0.1, 0.15) is 6.61 Å². The minimum absolute atomic E-state index is 0.0218. The zero-order valence-corrected chi connectivity index (χ0v) is 17.2. The summed E-state index contributed by atoms with van der Waals surface area (Å²) >= 11 is 1.58. The molecule has 2 N–H and O–H groups in total. The number of benzene rings is 1. The van der Waals surface area contributed by atoms with Gasteiger partial charge in [-0.05, 0) is 38.1 Å². The van der Waals surface area contributed by atoms with Crippen molar-refractivity contribution in [1.29, 1.82) is 0 Å². The molecule has 0 aliphatic rings. The summed E-state index contributed by atoms with van der Waals surface area (Å²) < 4.78 is 6.52. The Morgan fingerprint density at radius 1 is 1.10 bits per heavy atom. The third-order valence-corrected chi connectivity index (χ3v) is 5.33. The number of carbonyl (C=O) groups is 1. The van der Waals surface area contributed by atoms with Gasteiger partial charge in [-0.25, -0.2) is 15.0 Å². The third-order valence-electron chi connectivity index (χ3n) is 4.37. The summed E-state index contributed by atoms with van der Waals surface area (Å²) in [4.78, 5) is 28.4. The lowest BCUT2D eigenvalue weighted by Crippen LogP contribution is -2.31. The SMILES string of the molecule is CC(C)(COc1ncc(-c2ccc(Nc3nc4ccccc4s3)cn2)cn1)C(=O)O. The van der Waals surface area contributed by atoms with E-state index in [2.05, 4.69) is 25.3 Å². The number of nitrogens with one attached hydrogen (secondary N) is 1. The maximum absolute atomic E-state index is 11.1. The molecule has 0 unspecified atom stereocenters. The average Bonchev–Trinajstić information content (AvgIpc) is 3.15. The summed E-state index contributed by atoms with van der Waals surface area (Å²) in [5.41, 5.74) is 2.21. The largest absolute Gasteiger partial charge is 0.481 e. The molecular weight excluding hydrogens is 402 g/mol. The fourth-order valence-corrected chi connectivity index (χ4v) is 3.40. The van der Waals surface area contributed by atoms with E-state index in [0.29, 0.717) is 5.69 Å². The lowest BCUT2D eigenvalue weighted by molar-refractivity contribution is -0.148. The molecular formula is C21H19N5O3S. The number of ether oxygens (including phenoxy) is 1. The number of pyridine rings is 1. The van der Waals surface area contributed by atoms with Crippen LogP contribution in [0.1, 0.15) is 13.8 Å². The highest BCUT2D eigenvalue weighted by Gasteiger charge is 2.28. The molecule has 0 saturated heterocycles. The Balaban J connectivity index is 1.41. The van der Waals surface area contributed by atoms with E-state index in [0.717, 1.165) is 26.6 Å². The van der Waals surface area contributed by atoms with Crippen molar-refractivity contribution in [2.45, 2.75) is 13.8 Å². The van der Waals surface area contributed by atoms with E-state index in [-0.39, 0.29) is 12.6 Å². The highest BCUT2D eigenvalue weighted by Crippen LogP contribution is 2.28. The van der Waals surface area contributed by atoms with Crippen LogP contribution in [0.4, 0.5) is 10.8 Å². The van der Waals surface area contributed by atoms with Crippen LogP contribution in [0.25, 0.3) is 21.5 Å². The summed E-state index contributed by atoms with van der Waals surface area (Å²) in [6.45, 7) is 3.14. The smallest absolute Gasteiger partial charge is 0.316 e. The van der Waals surface area contributed by atoms with Gasteiger partial charge in [-0.1, -0.05) is 23.5 Å². The van der Waals surface area contributed by atoms with Crippen LogP contribution in [0, 0.1) is 5.41 Å². The molecule has 0 aliphatic carbocycles. The molecule has 152 valence electrons. The van der Waals surface area contributed by atoms with E-state index in [1.807, 2.05) is 36.4 Å². The molecule has 1 aromatic carbocycles. The number of thiazole rings is 1. The van der Waals surface area contributed by atoms with Crippen LogP contribution in [0.3, 0.4) is 0 Å². The number of nitrogens with zero attached hydrogens (tertiary/aromatic N) is 4. The quantitative estimate of drug-likeness (QED) is 0.452. The summed E-state index contributed by atoms with van der Waals surface area (Å²) in [7, 11) is 0.